The molecule has 1 aromatic rings. The third kappa shape index (κ3) is 4.28. The number of anilines is 1. The van der Waals surface area contributed by atoms with Crippen LogP contribution in [0.5, 0.6) is 0 Å². The molecule has 0 atom stereocenters. The lowest BCUT2D eigenvalue weighted by Crippen LogP contribution is -2.41. The predicted molar refractivity (Wildman–Crippen MR) is 101 cm³/mol. The highest BCUT2D eigenvalue weighted by atomic mass is 16.5. The minimum Gasteiger partial charge on any atom is -0.380 e. The van der Waals surface area contributed by atoms with Crippen LogP contribution in [0.3, 0.4) is 0 Å². The van der Waals surface area contributed by atoms with Gasteiger partial charge in [0.25, 0.3) is 5.91 Å². The van der Waals surface area contributed by atoms with Crippen molar-refractivity contribution in [1.29, 1.82) is 0 Å². The van der Waals surface area contributed by atoms with Crippen LogP contribution in [-0.4, -0.2) is 42.7 Å². The van der Waals surface area contributed by atoms with E-state index in [1.165, 1.54) is 6.08 Å². The van der Waals surface area contributed by atoms with Gasteiger partial charge in [-0.3, -0.25) is 15.0 Å². The first-order valence-corrected chi connectivity index (χ1v) is 8.32. The summed E-state index contributed by atoms with van der Waals surface area (Å²) in [5.41, 5.74) is 4.63. The van der Waals surface area contributed by atoms with E-state index in [9.17, 15) is 10.0 Å². The van der Waals surface area contributed by atoms with Crippen molar-refractivity contribution >= 4 is 17.4 Å². The van der Waals surface area contributed by atoms with Crippen LogP contribution in [0.2, 0.25) is 0 Å². The van der Waals surface area contributed by atoms with Crippen molar-refractivity contribution in [3.63, 3.8) is 0 Å². The molecule has 0 saturated carbocycles. The summed E-state index contributed by atoms with van der Waals surface area (Å²) in [5, 5.41) is 14.0. The molecule has 6 heteroatoms. The monoisotopic (exact) mass is 342 g/mol. The zero-order chi connectivity index (χ0) is 18.6. The van der Waals surface area contributed by atoms with Gasteiger partial charge in [0.15, 0.2) is 5.84 Å². The second-order valence-electron chi connectivity index (χ2n) is 6.30. The lowest BCUT2D eigenvalue weighted by Gasteiger charge is -2.27. The molecular weight excluding hydrogens is 316 g/mol. The van der Waals surface area contributed by atoms with Gasteiger partial charge in [0.2, 0.25) is 0 Å². The van der Waals surface area contributed by atoms with Crippen LogP contribution in [0.15, 0.2) is 52.2 Å². The first kappa shape index (κ1) is 18.7. The molecule has 1 aliphatic heterocycles. The quantitative estimate of drug-likeness (QED) is 0.808. The summed E-state index contributed by atoms with van der Waals surface area (Å²) in [6, 6.07) is 8.19. The average Bonchev–Trinajstić information content (AvgIpc) is 2.57. The first-order valence-electron chi connectivity index (χ1n) is 8.32. The number of amidine groups is 1. The second kappa shape index (κ2) is 7.98. The number of amides is 1. The van der Waals surface area contributed by atoms with E-state index in [0.29, 0.717) is 29.7 Å². The fourth-order valence-electron chi connectivity index (χ4n) is 2.66. The molecule has 2 rings (SSSR count). The molecule has 6 nitrogen and oxygen atoms in total. The van der Waals surface area contributed by atoms with E-state index in [1.54, 1.807) is 0 Å². The van der Waals surface area contributed by atoms with Crippen molar-refractivity contribution in [1.82, 2.24) is 10.4 Å². The number of allylic oxidation sites excluding steroid dienone is 1. The maximum atomic E-state index is 12.1. The lowest BCUT2D eigenvalue weighted by atomic mass is 10.0. The summed E-state index contributed by atoms with van der Waals surface area (Å²) in [6.45, 7) is 6.79. The maximum absolute atomic E-state index is 12.1. The van der Waals surface area contributed by atoms with Gasteiger partial charge < -0.3 is 10.2 Å². The Balaban J connectivity index is 2.29. The van der Waals surface area contributed by atoms with E-state index in [0.717, 1.165) is 22.4 Å². The van der Waals surface area contributed by atoms with E-state index >= 15 is 0 Å². The number of hydrogen-bond donors (Lipinski definition) is 2. The zero-order valence-corrected chi connectivity index (χ0v) is 15.5. The Hall–Kier alpha value is -2.60. The van der Waals surface area contributed by atoms with Gasteiger partial charge in [-0.2, -0.15) is 5.06 Å². The van der Waals surface area contributed by atoms with Crippen molar-refractivity contribution in [2.75, 3.05) is 25.5 Å². The molecule has 0 bridgehead atoms. The smallest absolute Gasteiger partial charge is 0.278 e. The number of carbonyl (C=O) groups excluding carboxylic acids is 1. The highest BCUT2D eigenvalue weighted by Gasteiger charge is 2.29. The van der Waals surface area contributed by atoms with Crippen molar-refractivity contribution in [2.24, 2.45) is 4.99 Å². The van der Waals surface area contributed by atoms with E-state index in [4.69, 9.17) is 0 Å². The van der Waals surface area contributed by atoms with Gasteiger partial charge in [0.05, 0.1) is 5.70 Å². The number of hydrogen-bond acceptors (Lipinski definition) is 5. The molecule has 1 heterocycles. The van der Waals surface area contributed by atoms with Crippen LogP contribution in [0.25, 0.3) is 0 Å². The summed E-state index contributed by atoms with van der Waals surface area (Å²) in [6.07, 6.45) is 1.41. The Bertz CT molecular complexity index is 744. The number of rotatable bonds is 5. The fraction of sp³-hybridized carbons (Fsp3) is 0.368. The molecule has 2 N–H and O–H groups in total. The molecule has 0 fully saturated rings. The third-order valence-corrected chi connectivity index (χ3v) is 3.89. The molecule has 1 aliphatic rings. The number of nitrogens with zero attached hydrogens (tertiary/aromatic N) is 3. The second-order valence-corrected chi connectivity index (χ2v) is 6.30. The Morgan fingerprint density at radius 1 is 1.32 bits per heavy atom. The molecule has 0 radical (unpaired) electrons. The number of benzene rings is 1. The summed E-state index contributed by atoms with van der Waals surface area (Å²) in [5.74, 6) is -0.207. The topological polar surface area (TPSA) is 68.2 Å². The number of hydroxylamine groups is 2. The summed E-state index contributed by atoms with van der Waals surface area (Å²) in [4.78, 5) is 18.4. The highest BCUT2D eigenvalue weighted by Crippen LogP contribution is 2.22. The maximum Gasteiger partial charge on any atom is 0.278 e. The Morgan fingerprint density at radius 2 is 2.04 bits per heavy atom. The van der Waals surface area contributed by atoms with Gasteiger partial charge in [0.1, 0.15) is 0 Å². The minimum absolute atomic E-state index is 0.291. The Labute approximate surface area is 149 Å². The molecule has 0 saturated heterocycles. The van der Waals surface area contributed by atoms with Crippen molar-refractivity contribution in [3.8, 4) is 0 Å². The van der Waals surface area contributed by atoms with Crippen LogP contribution in [0.1, 0.15) is 26.3 Å². The van der Waals surface area contributed by atoms with Gasteiger partial charge >= 0.3 is 0 Å². The fourth-order valence-corrected chi connectivity index (χ4v) is 2.66. The van der Waals surface area contributed by atoms with Crippen molar-refractivity contribution in [2.45, 2.75) is 27.3 Å². The van der Waals surface area contributed by atoms with Gasteiger partial charge in [-0.25, -0.2) is 0 Å². The molecule has 1 amide bonds. The van der Waals surface area contributed by atoms with Gasteiger partial charge in [-0.1, -0.05) is 17.7 Å². The molecule has 25 heavy (non-hydrogen) atoms. The van der Waals surface area contributed by atoms with Gasteiger partial charge in [0, 0.05) is 44.5 Å². The highest BCUT2D eigenvalue weighted by molar-refractivity contribution is 6.15. The Morgan fingerprint density at radius 3 is 2.64 bits per heavy atom. The first-order chi connectivity index (χ1) is 11.8. The molecule has 0 aliphatic carbocycles. The summed E-state index contributed by atoms with van der Waals surface area (Å²) < 4.78 is 0. The van der Waals surface area contributed by atoms with E-state index in [1.807, 2.05) is 58.0 Å². The van der Waals surface area contributed by atoms with Crippen LogP contribution < -0.4 is 10.2 Å². The van der Waals surface area contributed by atoms with Crippen molar-refractivity contribution < 1.29 is 10.0 Å². The SMILES string of the molecule is CCN=C1C(=C(C)C)C(NCc2cccc(N(C)C)c2)=CC(=O)N1O. The Kier molecular flexibility index (Phi) is 5.98. The van der Waals surface area contributed by atoms with Crippen molar-refractivity contribution in [3.05, 3.63) is 52.7 Å². The van der Waals surface area contributed by atoms with E-state index in [-0.39, 0.29) is 0 Å². The molecular formula is C19H26N4O2. The number of carbonyl (C=O) groups is 1. The largest absolute Gasteiger partial charge is 0.380 e. The minimum atomic E-state index is -0.498. The predicted octanol–water partition coefficient (Wildman–Crippen LogP) is 2.71. The van der Waals surface area contributed by atoms with Gasteiger partial charge in [-0.05, 0) is 38.5 Å². The van der Waals surface area contributed by atoms with Crippen LogP contribution in [-0.2, 0) is 11.3 Å². The lowest BCUT2D eigenvalue weighted by molar-refractivity contribution is -0.143. The van der Waals surface area contributed by atoms with E-state index < -0.39 is 5.91 Å². The standard InChI is InChI=1S/C19H26N4O2/c1-6-20-19-18(13(2)3)16(11-17(24)23(19)25)21-12-14-8-7-9-15(10-14)22(4)5/h7-11,21,25H,6,12H2,1-5H3. The third-order valence-electron chi connectivity index (χ3n) is 3.89. The number of aliphatic imine (C=N–C) groups is 1. The van der Waals surface area contributed by atoms with Crippen LogP contribution >= 0.6 is 0 Å². The molecule has 134 valence electrons. The zero-order valence-electron chi connectivity index (χ0n) is 15.5. The number of nitrogens with one attached hydrogen (secondary N) is 1. The molecule has 1 aromatic carbocycles. The summed E-state index contributed by atoms with van der Waals surface area (Å²) >= 11 is 0. The van der Waals surface area contributed by atoms with Gasteiger partial charge in [-0.15, -0.1) is 0 Å². The van der Waals surface area contributed by atoms with Crippen LogP contribution in [0, 0.1) is 0 Å². The van der Waals surface area contributed by atoms with E-state index in [2.05, 4.69) is 16.4 Å². The molecule has 0 spiro atoms. The van der Waals surface area contributed by atoms with Crippen LogP contribution in [0.4, 0.5) is 5.69 Å². The average molecular weight is 342 g/mol. The summed E-state index contributed by atoms with van der Waals surface area (Å²) in [7, 11) is 4.00. The normalized spacial score (nSPS) is 16.2. The molecule has 0 unspecified atom stereocenters. The molecule has 0 aromatic heterocycles.